The lowest BCUT2D eigenvalue weighted by Crippen LogP contribution is -2.26. The molecule has 0 aliphatic heterocycles. The van der Waals surface area contributed by atoms with Crippen molar-refractivity contribution >= 4 is 0 Å². The molecule has 0 heterocycles. The van der Waals surface area contributed by atoms with Gasteiger partial charge in [-0.25, -0.2) is 0 Å². The van der Waals surface area contributed by atoms with E-state index in [0.29, 0.717) is 6.04 Å². The van der Waals surface area contributed by atoms with E-state index in [0.717, 1.165) is 18.3 Å². The fraction of sp³-hybridized carbons (Fsp3) is 1.00. The summed E-state index contributed by atoms with van der Waals surface area (Å²) < 4.78 is 0. The maximum atomic E-state index is 8.21. The first-order valence-electron chi connectivity index (χ1n) is 3.96. The third-order valence-corrected chi connectivity index (χ3v) is 3.00. The van der Waals surface area contributed by atoms with E-state index >= 15 is 0 Å². The molecule has 0 N–H and O–H groups in total. The molecule has 2 aliphatic rings. The van der Waals surface area contributed by atoms with Gasteiger partial charge in [0.25, 0.3) is 0 Å². The second-order valence-electron chi connectivity index (χ2n) is 3.35. The molecule has 0 aromatic rings. The molecule has 2 saturated carbocycles. The van der Waals surface area contributed by atoms with Gasteiger partial charge in [0.1, 0.15) is 0 Å². The molecule has 0 aromatic heterocycles. The van der Waals surface area contributed by atoms with Crippen molar-refractivity contribution in [2.24, 2.45) is 17.0 Å². The van der Waals surface area contributed by atoms with E-state index in [1.807, 2.05) is 0 Å². The Labute approximate surface area is 60.1 Å². The highest BCUT2D eigenvalue weighted by atomic mass is 15.2. The molecule has 0 aromatic carbocycles. The van der Waals surface area contributed by atoms with Crippen LogP contribution >= 0.6 is 0 Å². The second-order valence-corrected chi connectivity index (χ2v) is 3.35. The van der Waals surface area contributed by atoms with Crippen LogP contribution in [0, 0.1) is 11.8 Å². The van der Waals surface area contributed by atoms with Crippen molar-refractivity contribution in [2.45, 2.75) is 31.7 Å². The van der Waals surface area contributed by atoms with E-state index in [1.54, 1.807) is 0 Å². The van der Waals surface area contributed by atoms with Crippen LogP contribution in [0.3, 0.4) is 0 Å². The topological polar surface area (TPSA) is 48.8 Å². The van der Waals surface area contributed by atoms with E-state index in [9.17, 15) is 0 Å². The Bertz CT molecular complexity index is 183. The molecule has 0 saturated heterocycles. The van der Waals surface area contributed by atoms with Gasteiger partial charge in [-0.1, -0.05) is 5.11 Å². The normalized spacial score (nSPS) is 43.4. The molecule has 0 unspecified atom stereocenters. The highest BCUT2D eigenvalue weighted by Crippen LogP contribution is 2.48. The van der Waals surface area contributed by atoms with Gasteiger partial charge in [0.2, 0.25) is 0 Å². The molecule has 2 aliphatic carbocycles. The molecule has 0 radical (unpaired) electrons. The van der Waals surface area contributed by atoms with Crippen LogP contribution in [0.4, 0.5) is 0 Å². The number of nitrogens with zero attached hydrogens (tertiary/aromatic N) is 3. The molecule has 2 rings (SSSR count). The van der Waals surface area contributed by atoms with Crippen molar-refractivity contribution < 1.29 is 0 Å². The van der Waals surface area contributed by atoms with Crippen LogP contribution in [0.2, 0.25) is 0 Å². The van der Waals surface area contributed by atoms with Gasteiger partial charge < -0.3 is 0 Å². The average molecular weight is 137 g/mol. The fourth-order valence-corrected chi connectivity index (χ4v) is 2.27. The van der Waals surface area contributed by atoms with Gasteiger partial charge in [0.05, 0.1) is 0 Å². The number of fused-ring (bicyclic) bond motifs is 1. The minimum Gasteiger partial charge on any atom is -0.0903 e. The van der Waals surface area contributed by atoms with Gasteiger partial charge in [-0.15, -0.1) is 0 Å². The lowest BCUT2D eigenvalue weighted by molar-refractivity contribution is 0.202. The summed E-state index contributed by atoms with van der Waals surface area (Å²) in [5.74, 6) is 1.67. The van der Waals surface area contributed by atoms with Crippen molar-refractivity contribution in [1.82, 2.24) is 0 Å². The van der Waals surface area contributed by atoms with Gasteiger partial charge in [0, 0.05) is 11.0 Å². The predicted octanol–water partition coefficient (Wildman–Crippen LogP) is 2.49. The second kappa shape index (κ2) is 2.17. The molecule has 2 fully saturated rings. The van der Waals surface area contributed by atoms with Crippen LogP contribution in [-0.4, -0.2) is 6.04 Å². The van der Waals surface area contributed by atoms with E-state index in [4.69, 9.17) is 5.53 Å². The zero-order chi connectivity index (χ0) is 6.97. The van der Waals surface area contributed by atoms with Crippen LogP contribution in [0.15, 0.2) is 5.11 Å². The van der Waals surface area contributed by atoms with Crippen LogP contribution in [0.25, 0.3) is 10.4 Å². The molecule has 54 valence electrons. The summed E-state index contributed by atoms with van der Waals surface area (Å²) in [6.45, 7) is 0. The van der Waals surface area contributed by atoms with Crippen molar-refractivity contribution in [1.29, 1.82) is 0 Å². The fourth-order valence-electron chi connectivity index (χ4n) is 2.27. The summed E-state index contributed by atoms with van der Waals surface area (Å²) in [5.41, 5.74) is 8.21. The lowest BCUT2D eigenvalue weighted by atomic mass is 9.75. The van der Waals surface area contributed by atoms with Gasteiger partial charge in [-0.3, -0.25) is 0 Å². The van der Waals surface area contributed by atoms with Crippen molar-refractivity contribution in [3.63, 3.8) is 0 Å². The molecular weight excluding hydrogens is 126 g/mol. The summed E-state index contributed by atoms with van der Waals surface area (Å²) in [5, 5.41) is 3.79. The van der Waals surface area contributed by atoms with Gasteiger partial charge >= 0.3 is 0 Å². The highest BCUT2D eigenvalue weighted by molar-refractivity contribution is 4.95. The quantitative estimate of drug-likeness (QED) is 0.303. The number of hydrogen-bond donors (Lipinski definition) is 0. The molecule has 3 atom stereocenters. The molecule has 3 heteroatoms. The first-order valence-corrected chi connectivity index (χ1v) is 3.96. The first-order chi connectivity index (χ1) is 4.92. The largest absolute Gasteiger partial charge is 0.0903 e. The van der Waals surface area contributed by atoms with Crippen molar-refractivity contribution in [3.05, 3.63) is 10.4 Å². The highest BCUT2D eigenvalue weighted by Gasteiger charge is 2.41. The summed E-state index contributed by atoms with van der Waals surface area (Å²) in [6.07, 6.45) is 5.12. The first kappa shape index (κ1) is 6.05. The molecule has 0 bridgehead atoms. The molecular formula is C7H11N3. The summed E-state index contributed by atoms with van der Waals surface area (Å²) >= 11 is 0. The Kier molecular flexibility index (Phi) is 1.31. The number of azide groups is 1. The molecule has 3 nitrogen and oxygen atoms in total. The van der Waals surface area contributed by atoms with Crippen molar-refractivity contribution in [3.8, 4) is 0 Å². The minimum atomic E-state index is 0.351. The third-order valence-electron chi connectivity index (χ3n) is 3.00. The van der Waals surface area contributed by atoms with E-state index in [-0.39, 0.29) is 0 Å². The van der Waals surface area contributed by atoms with Crippen LogP contribution in [-0.2, 0) is 0 Å². The lowest BCUT2D eigenvalue weighted by Gasteiger charge is -2.32. The van der Waals surface area contributed by atoms with E-state index < -0.39 is 0 Å². The maximum absolute atomic E-state index is 8.21. The summed E-state index contributed by atoms with van der Waals surface area (Å²) in [4.78, 5) is 2.86. The van der Waals surface area contributed by atoms with Crippen LogP contribution < -0.4 is 0 Å². The van der Waals surface area contributed by atoms with Crippen molar-refractivity contribution in [2.75, 3.05) is 0 Å². The maximum Gasteiger partial charge on any atom is 0.0405 e. The Morgan fingerprint density at radius 3 is 2.50 bits per heavy atom. The van der Waals surface area contributed by atoms with Gasteiger partial charge in [0.15, 0.2) is 0 Å². The molecule has 10 heavy (non-hydrogen) atoms. The number of rotatable bonds is 1. The zero-order valence-electron chi connectivity index (χ0n) is 5.90. The Morgan fingerprint density at radius 1 is 1.20 bits per heavy atom. The Balaban J connectivity index is 2.05. The SMILES string of the molecule is [N-]=[N+]=N[C@H]1CC[C@@H]2CC[C@@H]21. The van der Waals surface area contributed by atoms with Gasteiger partial charge in [-0.05, 0) is 43.1 Å². The third kappa shape index (κ3) is 0.706. The molecule has 0 spiro atoms. The van der Waals surface area contributed by atoms with Crippen LogP contribution in [0.1, 0.15) is 25.7 Å². The van der Waals surface area contributed by atoms with Crippen LogP contribution in [0.5, 0.6) is 0 Å². The Morgan fingerprint density at radius 2 is 2.00 bits per heavy atom. The zero-order valence-corrected chi connectivity index (χ0v) is 5.90. The Hall–Kier alpha value is -0.690. The summed E-state index contributed by atoms with van der Waals surface area (Å²) in [6, 6.07) is 0.351. The average Bonchev–Trinajstić information content (AvgIpc) is 2.08. The van der Waals surface area contributed by atoms with Gasteiger partial charge in [-0.2, -0.15) is 0 Å². The van der Waals surface area contributed by atoms with E-state index in [1.165, 1.54) is 19.3 Å². The monoisotopic (exact) mass is 137 g/mol. The van der Waals surface area contributed by atoms with E-state index in [2.05, 4.69) is 10.0 Å². The number of hydrogen-bond acceptors (Lipinski definition) is 1. The minimum absolute atomic E-state index is 0.351. The summed E-state index contributed by atoms with van der Waals surface area (Å²) in [7, 11) is 0. The molecule has 0 amide bonds. The predicted molar refractivity (Wildman–Crippen MR) is 38.4 cm³/mol. The smallest absolute Gasteiger partial charge is 0.0405 e. The standard InChI is InChI=1S/C7H11N3/c8-10-9-7-4-2-5-1-3-6(5)7/h5-7H,1-4H2/t5-,6-,7-/m0/s1.